The lowest BCUT2D eigenvalue weighted by atomic mass is 10.0. The van der Waals surface area contributed by atoms with E-state index in [2.05, 4.69) is 9.97 Å². The molecule has 1 aromatic heterocycles. The molecule has 6 heteroatoms. The second-order valence-electron chi connectivity index (χ2n) is 5.67. The Morgan fingerprint density at radius 2 is 1.31 bits per heavy atom. The van der Waals surface area contributed by atoms with Crippen LogP contribution in [0.2, 0.25) is 5.02 Å². The molecule has 0 aliphatic rings. The van der Waals surface area contributed by atoms with Crippen molar-refractivity contribution < 1.29 is 4.92 Å². The van der Waals surface area contributed by atoms with Gasteiger partial charge >= 0.3 is 5.69 Å². The van der Waals surface area contributed by atoms with Crippen molar-refractivity contribution in [3.05, 3.63) is 87.9 Å². The van der Waals surface area contributed by atoms with Crippen LogP contribution in [0.5, 0.6) is 0 Å². The molecule has 0 unspecified atom stereocenters. The van der Waals surface area contributed by atoms with E-state index in [1.807, 2.05) is 60.7 Å². The lowest BCUT2D eigenvalue weighted by Crippen LogP contribution is -1.99. The molecule has 0 N–H and O–H groups in total. The smallest absolute Gasteiger partial charge is 0.258 e. The number of halogens is 1. The minimum Gasteiger partial charge on any atom is -0.258 e. The normalized spacial score (nSPS) is 10.8. The summed E-state index contributed by atoms with van der Waals surface area (Å²) in [4.78, 5) is 20.3. The number of nitro benzene ring substituents is 1. The minimum atomic E-state index is -0.518. The van der Waals surface area contributed by atoms with Gasteiger partial charge in [0.15, 0.2) is 5.52 Å². The van der Waals surface area contributed by atoms with Crippen LogP contribution in [0.15, 0.2) is 72.8 Å². The van der Waals surface area contributed by atoms with Crippen molar-refractivity contribution in [2.24, 2.45) is 0 Å². The van der Waals surface area contributed by atoms with Gasteiger partial charge in [-0.3, -0.25) is 10.1 Å². The van der Waals surface area contributed by atoms with Crippen LogP contribution in [0.1, 0.15) is 0 Å². The van der Waals surface area contributed by atoms with Crippen molar-refractivity contribution in [2.75, 3.05) is 0 Å². The molecule has 0 saturated carbocycles. The van der Waals surface area contributed by atoms with E-state index in [0.29, 0.717) is 16.9 Å². The molecule has 0 aliphatic carbocycles. The predicted octanol–water partition coefficient (Wildman–Crippen LogP) is 5.53. The molecule has 4 aromatic rings. The molecular formula is C20H12ClN3O2. The summed E-state index contributed by atoms with van der Waals surface area (Å²) in [6.07, 6.45) is 0. The van der Waals surface area contributed by atoms with Crippen LogP contribution in [0.3, 0.4) is 0 Å². The molecule has 0 atom stereocenters. The molecule has 5 nitrogen and oxygen atoms in total. The Bertz CT molecular complexity index is 1120. The summed E-state index contributed by atoms with van der Waals surface area (Å²) in [5, 5.41) is 11.5. The standard InChI is InChI=1S/C20H12ClN3O2/c21-15-11-12-16-19(20(15)24(25)26)23-18(14-9-5-2-6-10-14)17(22-16)13-7-3-1-4-8-13/h1-12H. The Morgan fingerprint density at radius 1 is 0.769 bits per heavy atom. The molecule has 0 radical (unpaired) electrons. The van der Waals surface area contributed by atoms with E-state index in [9.17, 15) is 10.1 Å². The molecule has 4 rings (SSSR count). The lowest BCUT2D eigenvalue weighted by Gasteiger charge is -2.11. The van der Waals surface area contributed by atoms with Gasteiger partial charge in [0.25, 0.3) is 0 Å². The first-order valence-corrected chi connectivity index (χ1v) is 8.28. The summed E-state index contributed by atoms with van der Waals surface area (Å²) < 4.78 is 0. The van der Waals surface area contributed by atoms with E-state index in [-0.39, 0.29) is 16.2 Å². The molecule has 0 fully saturated rings. The van der Waals surface area contributed by atoms with E-state index in [4.69, 9.17) is 11.6 Å². The van der Waals surface area contributed by atoms with Crippen molar-refractivity contribution in [1.29, 1.82) is 0 Å². The zero-order valence-corrected chi connectivity index (χ0v) is 14.2. The highest BCUT2D eigenvalue weighted by Gasteiger charge is 2.22. The van der Waals surface area contributed by atoms with Gasteiger partial charge in [-0.2, -0.15) is 0 Å². The van der Waals surface area contributed by atoms with Gasteiger partial charge in [-0.15, -0.1) is 0 Å². The van der Waals surface area contributed by atoms with E-state index >= 15 is 0 Å². The second kappa shape index (κ2) is 6.54. The minimum absolute atomic E-state index is 0.0447. The number of fused-ring (bicyclic) bond motifs is 1. The topological polar surface area (TPSA) is 68.9 Å². The Morgan fingerprint density at radius 3 is 1.85 bits per heavy atom. The van der Waals surface area contributed by atoms with Crippen LogP contribution in [-0.4, -0.2) is 14.9 Å². The van der Waals surface area contributed by atoms with E-state index in [0.717, 1.165) is 11.1 Å². The zero-order valence-electron chi connectivity index (χ0n) is 13.5. The number of hydrogen-bond donors (Lipinski definition) is 0. The Labute approximate surface area is 154 Å². The van der Waals surface area contributed by atoms with Crippen LogP contribution >= 0.6 is 11.6 Å². The van der Waals surface area contributed by atoms with Crippen molar-refractivity contribution in [1.82, 2.24) is 9.97 Å². The van der Waals surface area contributed by atoms with Crippen molar-refractivity contribution in [2.45, 2.75) is 0 Å². The predicted molar refractivity (Wildman–Crippen MR) is 102 cm³/mol. The average Bonchev–Trinajstić information content (AvgIpc) is 2.68. The molecule has 0 bridgehead atoms. The summed E-state index contributed by atoms with van der Waals surface area (Å²) >= 11 is 6.04. The lowest BCUT2D eigenvalue weighted by molar-refractivity contribution is -0.383. The summed E-state index contributed by atoms with van der Waals surface area (Å²) in [5.74, 6) is 0. The third kappa shape index (κ3) is 2.78. The Balaban J connectivity index is 2.10. The number of nitrogens with zero attached hydrogens (tertiary/aromatic N) is 3. The maximum Gasteiger partial charge on any atom is 0.315 e. The van der Waals surface area contributed by atoms with Crippen molar-refractivity contribution >= 4 is 28.3 Å². The van der Waals surface area contributed by atoms with Crippen LogP contribution < -0.4 is 0 Å². The van der Waals surface area contributed by atoms with Gasteiger partial charge in [-0.05, 0) is 12.1 Å². The largest absolute Gasteiger partial charge is 0.315 e. The summed E-state index contributed by atoms with van der Waals surface area (Å²) in [6, 6.07) is 22.2. The highest BCUT2D eigenvalue weighted by molar-refractivity contribution is 6.33. The van der Waals surface area contributed by atoms with Crippen LogP contribution in [0.25, 0.3) is 33.5 Å². The molecule has 0 spiro atoms. The highest BCUT2D eigenvalue weighted by Crippen LogP contribution is 2.36. The first-order chi connectivity index (χ1) is 12.6. The molecular weight excluding hydrogens is 350 g/mol. The van der Waals surface area contributed by atoms with Gasteiger partial charge in [0, 0.05) is 11.1 Å². The van der Waals surface area contributed by atoms with E-state index in [1.54, 1.807) is 6.07 Å². The van der Waals surface area contributed by atoms with Gasteiger partial charge in [-0.1, -0.05) is 72.3 Å². The number of aromatic nitrogens is 2. The summed E-state index contributed by atoms with van der Waals surface area (Å²) in [5.41, 5.74) is 3.35. The average molecular weight is 362 g/mol. The number of nitro groups is 1. The summed E-state index contributed by atoms with van der Waals surface area (Å²) in [7, 11) is 0. The van der Waals surface area contributed by atoms with Crippen LogP contribution in [0.4, 0.5) is 5.69 Å². The molecule has 26 heavy (non-hydrogen) atoms. The quantitative estimate of drug-likeness (QED) is 0.355. The SMILES string of the molecule is O=[N+]([O-])c1c(Cl)ccc2nc(-c3ccccc3)c(-c3ccccc3)nc12. The van der Waals surface area contributed by atoms with Gasteiger partial charge in [0.1, 0.15) is 5.02 Å². The van der Waals surface area contributed by atoms with E-state index in [1.165, 1.54) is 6.07 Å². The fourth-order valence-corrected chi connectivity index (χ4v) is 3.07. The van der Waals surface area contributed by atoms with Gasteiger partial charge in [-0.25, -0.2) is 9.97 Å². The molecule has 0 aliphatic heterocycles. The number of hydrogen-bond acceptors (Lipinski definition) is 4. The van der Waals surface area contributed by atoms with Gasteiger partial charge in [0.05, 0.1) is 21.8 Å². The fourth-order valence-electron chi connectivity index (χ4n) is 2.85. The third-order valence-corrected chi connectivity index (χ3v) is 4.34. The van der Waals surface area contributed by atoms with E-state index < -0.39 is 4.92 Å². The first-order valence-electron chi connectivity index (χ1n) is 7.90. The van der Waals surface area contributed by atoms with Crippen LogP contribution in [0, 0.1) is 10.1 Å². The fraction of sp³-hybridized carbons (Fsp3) is 0. The molecule has 0 amide bonds. The molecule has 3 aromatic carbocycles. The maximum absolute atomic E-state index is 11.5. The molecule has 126 valence electrons. The zero-order chi connectivity index (χ0) is 18.1. The second-order valence-corrected chi connectivity index (χ2v) is 6.08. The first kappa shape index (κ1) is 16.2. The van der Waals surface area contributed by atoms with Crippen LogP contribution in [-0.2, 0) is 0 Å². The van der Waals surface area contributed by atoms with Gasteiger partial charge < -0.3 is 0 Å². The molecule has 1 heterocycles. The Kier molecular flexibility index (Phi) is 4.07. The third-order valence-electron chi connectivity index (χ3n) is 4.04. The summed E-state index contributed by atoms with van der Waals surface area (Å²) in [6.45, 7) is 0. The highest BCUT2D eigenvalue weighted by atomic mass is 35.5. The Hall–Kier alpha value is -3.31. The van der Waals surface area contributed by atoms with Crippen molar-refractivity contribution in [3.8, 4) is 22.5 Å². The maximum atomic E-state index is 11.5. The van der Waals surface area contributed by atoms with Crippen molar-refractivity contribution in [3.63, 3.8) is 0 Å². The van der Waals surface area contributed by atoms with Gasteiger partial charge in [0.2, 0.25) is 0 Å². The molecule has 0 saturated heterocycles. The number of benzene rings is 3. The monoisotopic (exact) mass is 361 g/mol. The number of rotatable bonds is 3.